The third-order valence-electron chi connectivity index (χ3n) is 20.5. The highest BCUT2D eigenvalue weighted by Crippen LogP contribution is 2.24. The molecule has 0 saturated carbocycles. The summed E-state index contributed by atoms with van der Waals surface area (Å²) in [4.78, 5) is 258. The monoisotopic (exact) mass is 1890 g/mol. The van der Waals surface area contributed by atoms with E-state index < -0.39 is 271 Å². The van der Waals surface area contributed by atoms with Crippen molar-refractivity contribution in [1.82, 2.24) is 105 Å². The van der Waals surface area contributed by atoms with Crippen LogP contribution < -0.4 is 114 Å². The number of aliphatic hydroxyl groups is 1. The number of aliphatic hydroxyl groups excluding tert-OH is 1. The molecule has 0 bridgehead atoms. The standard InChI is InChI=1S/C75H120N28O22S4/c1-3-36(2)57(70(123)98-48(31-126)58(77)111)101-62(115)43(18-19-55(107)108)93-69(122)53-13-7-23-102(53)71(124)45(26-38-29-84-35-88-38)95-60(113)41(10-5-21-86-74(80)81)90-63(116)44(25-37-14-16-39(105)17-15-37)94-59(112)40(9-4-20-85-73(78)79)91-66(119)50(33-128)99-61(114)42(11-6-22-87-75(82)83)92-68(121)52-12-8-24-103(52)72(125)46(27-56(109)110)96-64(117)47(30-104)97-67(120)51(34-129)100-65(118)49(32-127)89-54(106)28-76/h14-17,29,35-36,40-53,57,104-105,126-129H,3-13,18-28,30-34,76H2,1-2H3,(H2,77,111)(H,84,88)(H,89,106)(H,90,116)(H,91,119)(H,92,121)(H,93,122)(H,94,112)(H,95,113)(H,96,117)(H,97,120)(H,98,123)(H,99,114)(H,100,118)(H,101,115)(H,107,108)(H,109,110)(H4,78,79,85)(H4,80,81,86)(H4,82,83,87)/t36-,40-,41-,42-,43-,44-,45-,46-,47-,48-,49-,50-,51-,52-,53-,57-/m0/s1. The first-order valence-corrected chi connectivity index (χ1v) is 43.7. The number of hydrogen-bond acceptors (Lipinski definition) is 29. The number of aliphatic carboxylic acids is 2. The number of guanidine groups is 3. The highest BCUT2D eigenvalue weighted by molar-refractivity contribution is 7.80. The lowest BCUT2D eigenvalue weighted by atomic mass is 9.97. The van der Waals surface area contributed by atoms with Crippen LogP contribution in [-0.4, -0.2) is 324 Å². The van der Waals surface area contributed by atoms with Gasteiger partial charge in [0, 0.05) is 86.9 Å². The number of primary amides is 1. The van der Waals surface area contributed by atoms with Gasteiger partial charge in [-0.25, -0.2) is 4.98 Å². The molecule has 34 N–H and O–H groups in total. The van der Waals surface area contributed by atoms with Crippen LogP contribution in [0.3, 0.4) is 0 Å². The highest BCUT2D eigenvalue weighted by Gasteiger charge is 2.44. The van der Waals surface area contributed by atoms with Crippen molar-refractivity contribution in [3.8, 4) is 5.75 Å². The largest absolute Gasteiger partial charge is 0.508 e. The second-order valence-electron chi connectivity index (χ2n) is 30.2. The summed E-state index contributed by atoms with van der Waals surface area (Å²) in [6.07, 6.45) is -0.861. The van der Waals surface area contributed by atoms with Crippen LogP contribution in [0.4, 0.5) is 0 Å². The van der Waals surface area contributed by atoms with E-state index in [1.807, 2.05) is 0 Å². The number of nitrogens with one attached hydrogen (secondary N) is 20. The Hall–Kier alpha value is -12.2. The Kier molecular flexibility index (Phi) is 47.6. The Balaban J connectivity index is 1.67. The minimum Gasteiger partial charge on any atom is -0.508 e. The summed E-state index contributed by atoms with van der Waals surface area (Å²) in [7, 11) is 0. The maximum Gasteiger partial charge on any atom is 0.305 e. The molecule has 2 saturated heterocycles. The van der Waals surface area contributed by atoms with Gasteiger partial charge in [-0.15, -0.1) is 0 Å². The SMILES string of the molecule is CC[C@H](C)[C@H](NC(=O)[C@H](CCC(=O)O)NC(=O)[C@@H]1CCCN1C(=O)[C@H](Cc1cnc[nH]1)NC(=O)[C@H](CCCNC(=N)N)NC(=O)[C@H](Cc1ccc(O)cc1)NC(=O)[C@H](CCCNC(=N)N)NC(=O)[C@H](CS)NC(=O)[C@H](CCCNC(=N)N)NC(=O)[C@@H]1CCCN1C(=O)[C@H](CC(=O)O)NC(=O)[C@H](CO)NC(=O)[C@H](CS)NC(=O)[C@H](CS)NC(=O)CN)C(=O)N[C@@H](CS)C(N)=O. The number of phenols is 1. The molecule has 16 atom stereocenters. The summed E-state index contributed by atoms with van der Waals surface area (Å²) < 4.78 is 0. The van der Waals surface area contributed by atoms with Crippen molar-refractivity contribution >= 4 is 175 Å². The smallest absolute Gasteiger partial charge is 0.305 e. The number of nitrogens with two attached hydrogens (primary N) is 5. The minimum absolute atomic E-state index is 0.0146. The molecule has 2 fully saturated rings. The molecule has 3 heterocycles. The van der Waals surface area contributed by atoms with Gasteiger partial charge in [0.2, 0.25) is 94.5 Å². The van der Waals surface area contributed by atoms with Gasteiger partial charge >= 0.3 is 11.9 Å². The molecule has 1 aromatic carbocycles. The van der Waals surface area contributed by atoms with Gasteiger partial charge in [-0.2, -0.15) is 50.5 Å². The fourth-order valence-corrected chi connectivity index (χ4v) is 14.4. The van der Waals surface area contributed by atoms with E-state index in [0.29, 0.717) is 12.0 Å². The highest BCUT2D eigenvalue weighted by atomic mass is 32.1. The lowest BCUT2D eigenvalue weighted by molar-refractivity contribution is -0.146. The van der Waals surface area contributed by atoms with E-state index in [4.69, 9.17) is 44.9 Å². The average Bonchev–Trinajstić information content (AvgIpc) is 1.66. The number of carboxylic acid groups (broad SMARTS) is 2. The topological polar surface area (TPSA) is 817 Å². The molecular weight excluding hydrogens is 1770 g/mol. The normalized spacial score (nSPS) is 16.6. The summed E-state index contributed by atoms with van der Waals surface area (Å²) in [5.74, 6) is -22.6. The van der Waals surface area contributed by atoms with Crippen molar-refractivity contribution in [3.63, 3.8) is 0 Å². The van der Waals surface area contributed by atoms with E-state index in [1.165, 1.54) is 36.8 Å². The van der Waals surface area contributed by atoms with Crippen molar-refractivity contribution < 1.29 is 107 Å². The second-order valence-corrected chi connectivity index (χ2v) is 31.7. The van der Waals surface area contributed by atoms with E-state index >= 15 is 19.2 Å². The number of carbonyl (C=O) groups excluding carboxylic acids is 16. The molecule has 54 heteroatoms. The van der Waals surface area contributed by atoms with Crippen molar-refractivity contribution in [1.29, 1.82) is 16.2 Å². The number of amides is 16. The number of carbonyl (C=O) groups is 18. The average molecular weight is 1890 g/mol. The number of imidazole rings is 1. The molecule has 0 radical (unpaired) electrons. The van der Waals surface area contributed by atoms with Crippen molar-refractivity contribution in [2.45, 2.75) is 207 Å². The zero-order chi connectivity index (χ0) is 96.3. The van der Waals surface area contributed by atoms with Gasteiger partial charge in [-0.05, 0) is 94.2 Å². The number of H-pyrrole nitrogens is 1. The molecule has 0 unspecified atom stereocenters. The zero-order valence-corrected chi connectivity index (χ0v) is 74.5. The van der Waals surface area contributed by atoms with Gasteiger partial charge in [-0.1, -0.05) is 32.4 Å². The number of thiol groups is 4. The molecule has 0 spiro atoms. The molecule has 2 aliphatic heterocycles. The predicted octanol–water partition coefficient (Wildman–Crippen LogP) is -10.5. The molecule has 2 aliphatic rings. The predicted molar refractivity (Wildman–Crippen MR) is 475 cm³/mol. The minimum atomic E-state index is -1.98. The van der Waals surface area contributed by atoms with Crippen LogP contribution in [0, 0.1) is 22.1 Å². The molecule has 1 aromatic heterocycles. The van der Waals surface area contributed by atoms with Gasteiger partial charge in [0.1, 0.15) is 96.4 Å². The molecular formula is C75H120N28O22S4. The molecule has 2 aromatic rings. The van der Waals surface area contributed by atoms with Gasteiger partial charge in [0.25, 0.3) is 0 Å². The van der Waals surface area contributed by atoms with Gasteiger partial charge in [0.05, 0.1) is 25.9 Å². The first-order chi connectivity index (χ1) is 61.1. The number of rotatable bonds is 57. The summed E-state index contributed by atoms with van der Waals surface area (Å²) in [5, 5.41) is 103. The Labute approximate surface area is 763 Å². The van der Waals surface area contributed by atoms with Crippen LogP contribution in [0.25, 0.3) is 0 Å². The summed E-state index contributed by atoms with van der Waals surface area (Å²) in [6.45, 7) is 1.17. The number of likely N-dealkylation sites (tertiary alicyclic amines) is 2. The van der Waals surface area contributed by atoms with Crippen LogP contribution in [0.1, 0.15) is 115 Å². The van der Waals surface area contributed by atoms with Gasteiger partial charge < -0.3 is 149 Å². The zero-order valence-electron chi connectivity index (χ0n) is 70.9. The maximum absolute atomic E-state index is 15.2. The third-order valence-corrected chi connectivity index (χ3v) is 22.0. The molecule has 4 rings (SSSR count). The number of aromatic amines is 1. The summed E-state index contributed by atoms with van der Waals surface area (Å²) in [6, 6.07) is -18.3. The second kappa shape index (κ2) is 56.2. The number of hydrogen-bond donors (Lipinski definition) is 33. The maximum atomic E-state index is 15.2. The van der Waals surface area contributed by atoms with Crippen LogP contribution >= 0.6 is 50.5 Å². The van der Waals surface area contributed by atoms with Crippen LogP contribution in [0.5, 0.6) is 5.75 Å². The first kappa shape index (κ1) is 109. The molecule has 0 aliphatic carbocycles. The van der Waals surface area contributed by atoms with E-state index in [-0.39, 0.29) is 126 Å². The van der Waals surface area contributed by atoms with Crippen LogP contribution in [-0.2, 0) is 99.1 Å². The fraction of sp³-hybridized carbons (Fsp3) is 0.600. The van der Waals surface area contributed by atoms with E-state index in [9.17, 15) is 87.5 Å². The molecule has 16 amide bonds. The van der Waals surface area contributed by atoms with Gasteiger partial charge in [0.15, 0.2) is 17.9 Å². The van der Waals surface area contributed by atoms with Crippen molar-refractivity contribution in [2.75, 3.05) is 68.9 Å². The lowest BCUT2D eigenvalue weighted by Crippen LogP contribution is -2.61. The summed E-state index contributed by atoms with van der Waals surface area (Å²) >= 11 is 16.5. The van der Waals surface area contributed by atoms with Gasteiger partial charge in [-0.3, -0.25) is 103 Å². The summed E-state index contributed by atoms with van der Waals surface area (Å²) in [5.41, 5.74) is 28.0. The Bertz CT molecular complexity index is 4240. The lowest BCUT2D eigenvalue weighted by Gasteiger charge is -2.31. The van der Waals surface area contributed by atoms with E-state index in [2.05, 4.69) is 146 Å². The van der Waals surface area contributed by atoms with E-state index in [1.54, 1.807) is 13.8 Å². The number of benzene rings is 1. The van der Waals surface area contributed by atoms with Crippen molar-refractivity contribution in [2.24, 2.45) is 34.6 Å². The number of aromatic nitrogens is 2. The number of carboxylic acids is 2. The number of aromatic hydroxyl groups is 1. The molecule has 129 heavy (non-hydrogen) atoms. The Morgan fingerprint density at radius 2 is 0.860 bits per heavy atom. The van der Waals surface area contributed by atoms with Crippen LogP contribution in [0.2, 0.25) is 0 Å². The quantitative estimate of drug-likeness (QED) is 0.0127. The van der Waals surface area contributed by atoms with E-state index in [0.717, 1.165) is 9.80 Å². The molecule has 50 nitrogen and oxygen atoms in total. The molecule has 716 valence electrons. The fourth-order valence-electron chi connectivity index (χ4n) is 13.4. The first-order valence-electron chi connectivity index (χ1n) is 41.2. The third kappa shape index (κ3) is 37.2. The van der Waals surface area contributed by atoms with Crippen LogP contribution in [0.15, 0.2) is 36.8 Å². The number of phenolic OH excluding ortho intramolecular Hbond substituents is 1. The Morgan fingerprint density at radius 3 is 1.27 bits per heavy atom. The number of nitrogens with zero attached hydrogens (tertiary/aromatic N) is 3. The van der Waals surface area contributed by atoms with Crippen molar-refractivity contribution in [3.05, 3.63) is 48.0 Å². The Morgan fingerprint density at radius 1 is 0.481 bits per heavy atom.